The van der Waals surface area contributed by atoms with Gasteiger partial charge in [0.15, 0.2) is 9.84 Å². The number of sulfone groups is 1. The highest BCUT2D eigenvalue weighted by Gasteiger charge is 2.15. The van der Waals surface area contributed by atoms with Gasteiger partial charge in [-0.1, -0.05) is 26.8 Å². The van der Waals surface area contributed by atoms with Crippen molar-refractivity contribution in [3.63, 3.8) is 0 Å². The first kappa shape index (κ1) is 16.0. The van der Waals surface area contributed by atoms with E-state index in [1.807, 2.05) is 6.07 Å². The summed E-state index contributed by atoms with van der Waals surface area (Å²) in [6, 6.07) is 11.2. The maximum absolute atomic E-state index is 11.5. The zero-order valence-corrected chi connectivity index (χ0v) is 14.4. The van der Waals surface area contributed by atoms with Crippen LogP contribution in [0.15, 0.2) is 41.3 Å². The smallest absolute Gasteiger partial charge is 0.175 e. The van der Waals surface area contributed by atoms with Gasteiger partial charge < -0.3 is 5.32 Å². The van der Waals surface area contributed by atoms with Gasteiger partial charge in [0.05, 0.1) is 4.90 Å². The third-order valence-electron chi connectivity index (χ3n) is 3.13. The molecule has 0 radical (unpaired) electrons. The number of hydrogen-bond acceptors (Lipinski definition) is 4. The zero-order valence-electron chi connectivity index (χ0n) is 12.8. The minimum absolute atomic E-state index is 0.166. The molecule has 0 saturated carbocycles. The van der Waals surface area contributed by atoms with Crippen molar-refractivity contribution in [1.82, 2.24) is 0 Å². The van der Waals surface area contributed by atoms with Gasteiger partial charge in [0.25, 0.3) is 0 Å². The third kappa shape index (κ3) is 4.32. The van der Waals surface area contributed by atoms with Crippen LogP contribution in [0.4, 0.5) is 5.69 Å². The Balaban J connectivity index is 2.09. The van der Waals surface area contributed by atoms with Crippen LogP contribution < -0.4 is 5.32 Å². The van der Waals surface area contributed by atoms with Crippen LogP contribution in [-0.4, -0.2) is 14.7 Å². The van der Waals surface area contributed by atoms with Gasteiger partial charge in [-0.25, -0.2) is 8.42 Å². The van der Waals surface area contributed by atoms with E-state index >= 15 is 0 Å². The largest absolute Gasteiger partial charge is 0.380 e. The van der Waals surface area contributed by atoms with Crippen LogP contribution in [-0.2, 0) is 21.8 Å². The normalized spacial score (nSPS) is 12.4. The summed E-state index contributed by atoms with van der Waals surface area (Å²) in [6.07, 6.45) is 1.22. The molecule has 1 aromatic carbocycles. The van der Waals surface area contributed by atoms with Crippen LogP contribution in [0.5, 0.6) is 0 Å². The third-order valence-corrected chi connectivity index (χ3v) is 5.75. The Morgan fingerprint density at radius 1 is 1.14 bits per heavy atom. The fraction of sp³-hybridized carbons (Fsp3) is 0.375. The van der Waals surface area contributed by atoms with Crippen molar-refractivity contribution < 1.29 is 8.42 Å². The lowest BCUT2D eigenvalue weighted by Crippen LogP contribution is -2.07. The Kier molecular flexibility index (Phi) is 4.44. The summed E-state index contributed by atoms with van der Waals surface area (Å²) in [6.45, 7) is 7.30. The topological polar surface area (TPSA) is 46.2 Å². The SMILES string of the molecule is CC(C)(C)c1ccc(CNc2cccc(S(C)(=O)=O)c2)s1. The molecule has 2 aromatic rings. The molecule has 21 heavy (non-hydrogen) atoms. The highest BCUT2D eigenvalue weighted by Crippen LogP contribution is 2.29. The first-order valence-electron chi connectivity index (χ1n) is 6.79. The van der Waals surface area contributed by atoms with Crippen LogP contribution in [0.3, 0.4) is 0 Å². The number of hydrogen-bond donors (Lipinski definition) is 1. The molecule has 0 saturated heterocycles. The molecule has 1 N–H and O–H groups in total. The second-order valence-electron chi connectivity index (χ2n) is 6.17. The van der Waals surface area contributed by atoms with Crippen molar-refractivity contribution in [3.05, 3.63) is 46.2 Å². The van der Waals surface area contributed by atoms with Gasteiger partial charge in [0.1, 0.15) is 0 Å². The summed E-state index contributed by atoms with van der Waals surface area (Å²) in [4.78, 5) is 2.93. The molecule has 0 amide bonds. The Morgan fingerprint density at radius 3 is 2.43 bits per heavy atom. The number of thiophene rings is 1. The first-order valence-corrected chi connectivity index (χ1v) is 9.50. The maximum Gasteiger partial charge on any atom is 0.175 e. The first-order chi connectivity index (χ1) is 9.66. The van der Waals surface area contributed by atoms with Gasteiger partial charge in [0, 0.05) is 28.2 Å². The standard InChI is InChI=1S/C16H21NO2S2/c1-16(2,3)15-9-8-13(20-15)11-17-12-6-5-7-14(10-12)21(4,18)19/h5-10,17H,11H2,1-4H3. The molecule has 0 unspecified atom stereocenters. The molecule has 114 valence electrons. The van der Waals surface area contributed by atoms with E-state index in [2.05, 4.69) is 38.2 Å². The quantitative estimate of drug-likeness (QED) is 0.923. The molecule has 0 atom stereocenters. The number of benzene rings is 1. The van der Waals surface area contributed by atoms with Crippen LogP contribution >= 0.6 is 11.3 Å². The summed E-state index contributed by atoms with van der Waals surface area (Å²) in [7, 11) is -3.16. The van der Waals surface area contributed by atoms with Crippen molar-refractivity contribution in [2.24, 2.45) is 0 Å². The summed E-state index contributed by atoms with van der Waals surface area (Å²) in [5.41, 5.74) is 0.989. The van der Waals surface area contributed by atoms with Crippen molar-refractivity contribution in [3.8, 4) is 0 Å². The predicted molar refractivity (Wildman–Crippen MR) is 89.9 cm³/mol. The Bertz CT molecular complexity index is 725. The van der Waals surface area contributed by atoms with E-state index in [4.69, 9.17) is 0 Å². The molecule has 0 aliphatic carbocycles. The highest BCUT2D eigenvalue weighted by atomic mass is 32.2. The summed E-state index contributed by atoms with van der Waals surface area (Å²) < 4.78 is 23.1. The van der Waals surface area contributed by atoms with Crippen molar-refractivity contribution in [2.45, 2.75) is 37.6 Å². The van der Waals surface area contributed by atoms with E-state index in [0.717, 1.165) is 5.69 Å². The lowest BCUT2D eigenvalue weighted by atomic mass is 9.95. The van der Waals surface area contributed by atoms with Gasteiger partial charge in [-0.2, -0.15) is 0 Å². The fourth-order valence-electron chi connectivity index (χ4n) is 1.90. The molecular weight excluding hydrogens is 302 g/mol. The van der Waals surface area contributed by atoms with Crippen LogP contribution in [0.25, 0.3) is 0 Å². The van der Waals surface area contributed by atoms with Crippen LogP contribution in [0.1, 0.15) is 30.5 Å². The minimum atomic E-state index is -3.16. The second-order valence-corrected chi connectivity index (χ2v) is 9.35. The van der Waals surface area contributed by atoms with E-state index in [1.165, 1.54) is 16.0 Å². The molecule has 0 aliphatic heterocycles. The number of rotatable bonds is 4. The van der Waals surface area contributed by atoms with Crippen molar-refractivity contribution >= 4 is 26.9 Å². The molecule has 0 fully saturated rings. The molecular formula is C16H21NO2S2. The lowest BCUT2D eigenvalue weighted by molar-refractivity contribution is 0.601. The fourth-order valence-corrected chi connectivity index (χ4v) is 3.57. The van der Waals surface area contributed by atoms with E-state index in [0.29, 0.717) is 11.4 Å². The zero-order chi connectivity index (χ0) is 15.7. The molecule has 0 spiro atoms. The average Bonchev–Trinajstić information content (AvgIpc) is 2.84. The second kappa shape index (κ2) is 5.81. The van der Waals surface area contributed by atoms with Crippen LogP contribution in [0, 0.1) is 0 Å². The van der Waals surface area contributed by atoms with Crippen molar-refractivity contribution in [1.29, 1.82) is 0 Å². The molecule has 0 bridgehead atoms. The Hall–Kier alpha value is -1.33. The van der Waals surface area contributed by atoms with Crippen LogP contribution in [0.2, 0.25) is 0 Å². The highest BCUT2D eigenvalue weighted by molar-refractivity contribution is 7.90. The Labute approximate surface area is 130 Å². The van der Waals surface area contributed by atoms with E-state index < -0.39 is 9.84 Å². The molecule has 1 aromatic heterocycles. The summed E-state index contributed by atoms with van der Waals surface area (Å²) in [5, 5.41) is 3.28. The van der Waals surface area contributed by atoms with E-state index in [1.54, 1.807) is 29.5 Å². The van der Waals surface area contributed by atoms with E-state index in [9.17, 15) is 8.42 Å². The number of nitrogens with one attached hydrogen (secondary N) is 1. The summed E-state index contributed by atoms with van der Waals surface area (Å²) in [5.74, 6) is 0. The van der Waals surface area contributed by atoms with Gasteiger partial charge >= 0.3 is 0 Å². The van der Waals surface area contributed by atoms with Gasteiger partial charge in [-0.15, -0.1) is 11.3 Å². The summed E-state index contributed by atoms with van der Waals surface area (Å²) >= 11 is 1.79. The van der Waals surface area contributed by atoms with Crippen molar-refractivity contribution in [2.75, 3.05) is 11.6 Å². The maximum atomic E-state index is 11.5. The average molecular weight is 323 g/mol. The predicted octanol–water partition coefficient (Wildman–Crippen LogP) is 4.06. The molecule has 1 heterocycles. The minimum Gasteiger partial charge on any atom is -0.380 e. The van der Waals surface area contributed by atoms with Gasteiger partial charge in [-0.05, 0) is 35.7 Å². The molecule has 3 nitrogen and oxygen atoms in total. The van der Waals surface area contributed by atoms with Gasteiger partial charge in [0.2, 0.25) is 0 Å². The van der Waals surface area contributed by atoms with Gasteiger partial charge in [-0.3, -0.25) is 0 Å². The lowest BCUT2D eigenvalue weighted by Gasteiger charge is -2.15. The molecule has 0 aliphatic rings. The molecule has 5 heteroatoms. The van der Waals surface area contributed by atoms with E-state index in [-0.39, 0.29) is 5.41 Å². The molecule has 2 rings (SSSR count). The number of anilines is 1. The monoisotopic (exact) mass is 323 g/mol. The Morgan fingerprint density at radius 2 is 1.86 bits per heavy atom.